The van der Waals surface area contributed by atoms with Gasteiger partial charge in [-0.25, -0.2) is 9.78 Å². The number of rotatable bonds is 11. The Morgan fingerprint density at radius 3 is 2.16 bits per heavy atom. The number of ether oxygens (including phenoxy) is 1. The molecule has 0 saturated carbocycles. The summed E-state index contributed by atoms with van der Waals surface area (Å²) in [6.07, 6.45) is -4.16. The summed E-state index contributed by atoms with van der Waals surface area (Å²) in [5.74, 6) is -3.95. The number of halogens is 3. The van der Waals surface area contributed by atoms with Gasteiger partial charge in [0.25, 0.3) is 11.8 Å². The Bertz CT molecular complexity index is 1840. The van der Waals surface area contributed by atoms with Crippen LogP contribution in [0, 0.1) is 6.92 Å². The molecule has 268 valence electrons. The first-order valence-electron chi connectivity index (χ1n) is 15.8. The highest BCUT2D eigenvalue weighted by Crippen LogP contribution is 2.38. The number of hydrogen-bond donors (Lipinski definition) is 3. The van der Waals surface area contributed by atoms with Crippen molar-refractivity contribution in [3.05, 3.63) is 113 Å². The molecule has 15 heteroatoms. The molecule has 2 heterocycles. The zero-order chi connectivity index (χ0) is 37.3. The molecule has 0 aliphatic carbocycles. The minimum atomic E-state index is -5.08. The second kappa shape index (κ2) is 16.6. The fourth-order valence-electron chi connectivity index (χ4n) is 5.55. The molecule has 51 heavy (non-hydrogen) atoms. The number of benzene rings is 3. The van der Waals surface area contributed by atoms with Crippen LogP contribution in [-0.4, -0.2) is 67.7 Å². The highest BCUT2D eigenvalue weighted by Gasteiger charge is 2.43. The summed E-state index contributed by atoms with van der Waals surface area (Å²) in [4.78, 5) is 60.8. The molecule has 2 amide bonds. The van der Waals surface area contributed by atoms with Crippen LogP contribution in [0.3, 0.4) is 0 Å². The van der Waals surface area contributed by atoms with E-state index in [1.165, 1.54) is 4.90 Å². The minimum absolute atomic E-state index is 0.148. The van der Waals surface area contributed by atoms with Crippen molar-refractivity contribution in [3.8, 4) is 5.88 Å². The van der Waals surface area contributed by atoms with E-state index in [0.29, 0.717) is 47.8 Å². The van der Waals surface area contributed by atoms with Gasteiger partial charge in [-0.1, -0.05) is 66.7 Å². The summed E-state index contributed by atoms with van der Waals surface area (Å²) < 4.78 is 37.5. The summed E-state index contributed by atoms with van der Waals surface area (Å²) in [6.45, 7) is 4.10. The number of aliphatic carboxylic acids is 2. The quantitative estimate of drug-likeness (QED) is 0.166. The lowest BCUT2D eigenvalue weighted by Gasteiger charge is -2.35. The number of carboxylic acids is 2. The Morgan fingerprint density at radius 1 is 0.941 bits per heavy atom. The molecule has 1 aromatic heterocycles. The van der Waals surface area contributed by atoms with Gasteiger partial charge in [-0.05, 0) is 55.5 Å². The van der Waals surface area contributed by atoms with E-state index < -0.39 is 36.1 Å². The Morgan fingerprint density at radius 2 is 1.57 bits per heavy atom. The van der Waals surface area contributed by atoms with E-state index >= 15 is 0 Å². The predicted molar refractivity (Wildman–Crippen MR) is 180 cm³/mol. The molecule has 12 nitrogen and oxygen atoms in total. The molecule has 0 bridgehead atoms. The van der Waals surface area contributed by atoms with Gasteiger partial charge in [0.2, 0.25) is 11.8 Å². The molecule has 4 N–H and O–H groups in total. The van der Waals surface area contributed by atoms with Gasteiger partial charge >= 0.3 is 18.1 Å². The van der Waals surface area contributed by atoms with Crippen molar-refractivity contribution in [2.45, 2.75) is 57.9 Å². The molecule has 2 atom stereocenters. The Balaban J connectivity index is 0.000000755. The summed E-state index contributed by atoms with van der Waals surface area (Å²) in [6, 6.07) is 24.1. The van der Waals surface area contributed by atoms with Gasteiger partial charge in [-0.3, -0.25) is 14.4 Å². The molecule has 0 spiro atoms. The first-order valence-corrected chi connectivity index (χ1v) is 15.8. The Labute approximate surface area is 291 Å². The Kier molecular flexibility index (Phi) is 12.3. The number of hydrogen-bond acceptors (Lipinski definition) is 8. The Hall–Kier alpha value is -5.99. The van der Waals surface area contributed by atoms with E-state index in [0.717, 1.165) is 11.1 Å². The molecule has 3 aromatic carbocycles. The number of fused-ring (bicyclic) bond motifs is 1. The average Bonchev–Trinajstić information content (AvgIpc) is 3.15. The summed E-state index contributed by atoms with van der Waals surface area (Å²) in [7, 11) is 0. The van der Waals surface area contributed by atoms with E-state index in [4.69, 9.17) is 20.4 Å². The van der Waals surface area contributed by atoms with Crippen molar-refractivity contribution in [1.29, 1.82) is 0 Å². The largest absolute Gasteiger partial charge is 0.490 e. The lowest BCUT2D eigenvalue weighted by molar-refractivity contribution is -0.192. The van der Waals surface area contributed by atoms with Crippen molar-refractivity contribution in [2.24, 2.45) is 0 Å². The van der Waals surface area contributed by atoms with Crippen LogP contribution >= 0.6 is 0 Å². The van der Waals surface area contributed by atoms with Gasteiger partial charge in [0.05, 0.1) is 30.8 Å². The van der Waals surface area contributed by atoms with Crippen molar-refractivity contribution in [3.63, 3.8) is 0 Å². The van der Waals surface area contributed by atoms with Crippen LogP contribution in [0.2, 0.25) is 0 Å². The lowest BCUT2D eigenvalue weighted by atomic mass is 10.00. The number of aromatic nitrogens is 2. The summed E-state index contributed by atoms with van der Waals surface area (Å²) >= 11 is 0. The topological polar surface area (TPSA) is 176 Å². The van der Waals surface area contributed by atoms with Crippen molar-refractivity contribution in [2.75, 3.05) is 17.2 Å². The number of carboxylic acid groups (broad SMARTS) is 2. The number of carbonyl (C=O) groups excluding carboxylic acids is 2. The highest BCUT2D eigenvalue weighted by molar-refractivity contribution is 6.11. The number of nitrogens with zero attached hydrogens (tertiary/aromatic N) is 4. The minimum Gasteiger partial charge on any atom is -0.481 e. The maximum absolute atomic E-state index is 14.5. The number of carbonyl (C=O) groups is 4. The summed E-state index contributed by atoms with van der Waals surface area (Å²) in [5, 5.41) is 16.8. The van der Waals surface area contributed by atoms with Gasteiger partial charge < -0.3 is 30.5 Å². The maximum Gasteiger partial charge on any atom is 0.490 e. The average molecular weight is 708 g/mol. The van der Waals surface area contributed by atoms with Crippen LogP contribution in [0.5, 0.6) is 5.88 Å². The molecular formula is C36H36F3N5O7. The number of amides is 2. The van der Waals surface area contributed by atoms with Crippen molar-refractivity contribution < 1.29 is 47.3 Å². The first-order chi connectivity index (χ1) is 24.1. The third-order valence-corrected chi connectivity index (χ3v) is 7.79. The van der Waals surface area contributed by atoms with Gasteiger partial charge in [0.15, 0.2) is 0 Å². The van der Waals surface area contributed by atoms with Crippen molar-refractivity contribution in [1.82, 2.24) is 14.9 Å². The zero-order valence-corrected chi connectivity index (χ0v) is 27.7. The molecule has 1 aliphatic heterocycles. The highest BCUT2D eigenvalue weighted by atomic mass is 19.4. The molecule has 0 fully saturated rings. The van der Waals surface area contributed by atoms with Gasteiger partial charge in [0, 0.05) is 17.8 Å². The van der Waals surface area contributed by atoms with Crippen molar-refractivity contribution >= 4 is 35.4 Å². The van der Waals surface area contributed by atoms with E-state index in [1.807, 2.05) is 73.7 Å². The second-order valence-electron chi connectivity index (χ2n) is 11.7. The zero-order valence-electron chi connectivity index (χ0n) is 27.7. The van der Waals surface area contributed by atoms with Crippen LogP contribution < -0.4 is 15.4 Å². The number of aryl methyl sites for hydroxylation is 2. The number of anilines is 2. The first kappa shape index (κ1) is 37.8. The summed E-state index contributed by atoms with van der Waals surface area (Å²) in [5.41, 5.74) is 9.67. The maximum atomic E-state index is 14.5. The van der Waals surface area contributed by atoms with Crippen LogP contribution in [0.1, 0.15) is 58.5 Å². The monoisotopic (exact) mass is 707 g/mol. The third kappa shape index (κ3) is 10.0. The van der Waals surface area contributed by atoms with Crippen LogP contribution in [-0.2, 0) is 27.3 Å². The lowest BCUT2D eigenvalue weighted by Crippen LogP contribution is -2.47. The standard InChI is InChI=1S/C34H35N5O5.C2HF3O2/c1-22-18-29(37-34(35)36-22)44-17-9-12-24-15-16-28-27(20-24)32(42)39(23(2)19-30(40)41)31(26-13-7-4-8-14-26)33(43)38(28)21-25-10-5-3-6-11-25;3-2(4,5)1(6)7/h3-8,10-11,13-16,18,20,23,31H,9,12,17,19,21H2,1-2H3,(H,40,41)(H2,35,36,37);(H,6,7). The van der Waals surface area contributed by atoms with E-state index in [9.17, 15) is 32.7 Å². The molecule has 1 aliphatic rings. The molecule has 2 unspecified atom stereocenters. The normalized spacial score (nSPS) is 14.9. The molecular weight excluding hydrogens is 671 g/mol. The fraction of sp³-hybridized carbons (Fsp3) is 0.278. The molecule has 5 rings (SSSR count). The smallest absolute Gasteiger partial charge is 0.481 e. The third-order valence-electron chi connectivity index (χ3n) is 7.79. The van der Waals surface area contributed by atoms with Gasteiger partial charge in [0.1, 0.15) is 6.04 Å². The number of alkyl halides is 3. The number of nitrogen functional groups attached to an aromatic ring is 1. The van der Waals surface area contributed by atoms with Crippen LogP contribution in [0.4, 0.5) is 24.8 Å². The molecule has 4 aromatic rings. The van der Waals surface area contributed by atoms with Crippen LogP contribution in [0.15, 0.2) is 84.9 Å². The van der Waals surface area contributed by atoms with Gasteiger partial charge in [-0.2, -0.15) is 18.2 Å². The molecule has 0 saturated heterocycles. The predicted octanol–water partition coefficient (Wildman–Crippen LogP) is 5.61. The van der Waals surface area contributed by atoms with Gasteiger partial charge in [-0.15, -0.1) is 0 Å². The van der Waals surface area contributed by atoms with Crippen LogP contribution in [0.25, 0.3) is 0 Å². The second-order valence-corrected chi connectivity index (χ2v) is 11.7. The van der Waals surface area contributed by atoms with E-state index in [1.54, 1.807) is 30.0 Å². The SMILES string of the molecule is Cc1cc(OCCCc2ccc3c(c2)C(=O)N(C(C)CC(=O)O)C(c2ccccc2)C(=O)N3Cc2ccccc2)nc(N)n1.O=C(O)C(F)(F)F. The molecule has 0 radical (unpaired) electrons. The number of nitrogens with two attached hydrogens (primary N) is 1. The van der Waals surface area contributed by atoms with E-state index in [2.05, 4.69) is 9.97 Å². The van der Waals surface area contributed by atoms with E-state index in [-0.39, 0.29) is 24.8 Å². The fourth-order valence-corrected chi connectivity index (χ4v) is 5.55.